The van der Waals surface area contributed by atoms with Crippen molar-refractivity contribution in [1.29, 1.82) is 0 Å². The van der Waals surface area contributed by atoms with Gasteiger partial charge in [-0.1, -0.05) is 119 Å². The van der Waals surface area contributed by atoms with Crippen LogP contribution < -0.4 is 18.9 Å². The maximum Gasteiger partial charge on any atom is 0.132 e. The van der Waals surface area contributed by atoms with Gasteiger partial charge in [-0.15, -0.1) is 45.3 Å². The molecule has 10 aromatic rings. The third kappa shape index (κ3) is 10.7. The van der Waals surface area contributed by atoms with Crippen LogP contribution in [0.5, 0.6) is 23.0 Å². The van der Waals surface area contributed by atoms with Crippen molar-refractivity contribution in [3.63, 3.8) is 0 Å². The Hall–Kier alpha value is -5.00. The molecule has 0 N–H and O–H groups in total. The topological polar surface area (TPSA) is 62.7 Å². The number of thiophene rings is 4. The fourth-order valence-corrected chi connectivity index (χ4v) is 14.8. The number of hydrogen-bond acceptors (Lipinski definition) is 10. The van der Waals surface area contributed by atoms with Crippen molar-refractivity contribution in [2.45, 2.75) is 183 Å². The van der Waals surface area contributed by atoms with Gasteiger partial charge in [0.25, 0.3) is 0 Å². The average molecular weight is 1060 g/mol. The molecule has 0 spiro atoms. The molecular formula is C64H74N2O4S4. The Kier molecular flexibility index (Phi) is 16.9. The number of fused-ring (bicyclic) bond motifs is 13. The first-order chi connectivity index (χ1) is 36.3. The largest absolute Gasteiger partial charge is 0.490 e. The lowest BCUT2D eigenvalue weighted by molar-refractivity contribution is 0.173. The third-order valence-corrected chi connectivity index (χ3v) is 19.4. The Morgan fingerprint density at radius 2 is 0.784 bits per heavy atom. The van der Waals surface area contributed by atoms with Crippen LogP contribution in [0.2, 0.25) is 0 Å². The van der Waals surface area contributed by atoms with E-state index in [0.29, 0.717) is 0 Å². The van der Waals surface area contributed by atoms with Crippen LogP contribution in [0.3, 0.4) is 0 Å². The molecule has 6 nitrogen and oxygen atoms in total. The van der Waals surface area contributed by atoms with Gasteiger partial charge in [0.05, 0.1) is 44.8 Å². The van der Waals surface area contributed by atoms with Gasteiger partial charge in [-0.2, -0.15) is 0 Å². The van der Waals surface area contributed by atoms with Gasteiger partial charge in [-0.3, -0.25) is 0 Å². The summed E-state index contributed by atoms with van der Waals surface area (Å²) in [5.74, 6) is 3.38. The lowest BCUT2D eigenvalue weighted by Crippen LogP contribution is -2.18. The molecule has 5 heterocycles. The first kappa shape index (κ1) is 52.4. The number of unbranched alkanes of at least 4 members (excludes halogenated alkanes) is 4. The van der Waals surface area contributed by atoms with Crippen LogP contribution in [0.4, 0.5) is 0 Å². The number of ether oxygens (including phenoxy) is 4. The van der Waals surface area contributed by atoms with Crippen molar-refractivity contribution < 1.29 is 18.9 Å². The van der Waals surface area contributed by atoms with E-state index in [4.69, 9.17) is 28.9 Å². The van der Waals surface area contributed by atoms with E-state index in [1.165, 1.54) is 39.7 Å². The first-order valence-electron chi connectivity index (χ1n) is 28.1. The maximum absolute atomic E-state index is 7.39. The minimum atomic E-state index is 0.0422. The van der Waals surface area contributed by atoms with Crippen LogP contribution in [0.1, 0.15) is 158 Å². The molecule has 0 amide bonds. The SMILES string of the molecule is CCCCC(CC)Oc1cc(OC(CC)CCCC)c2c(c1)c1cc3nc4c(nc3cc1c1cc(OC(CC)CCCC)cc(OC(CC)CCCC)c12)c1sc(-c2cccs2)cc1c1cc(-c2cccs2)sc14. The summed E-state index contributed by atoms with van der Waals surface area (Å²) in [4.78, 5) is 16.5. The number of rotatable bonds is 26. The summed E-state index contributed by atoms with van der Waals surface area (Å²) in [5.41, 5.74) is 3.64. The summed E-state index contributed by atoms with van der Waals surface area (Å²) in [6.45, 7) is 18.0. The quantitative estimate of drug-likeness (QED) is 0.0398. The molecule has 0 bridgehead atoms. The first-order valence-corrected chi connectivity index (χ1v) is 31.4. The predicted molar refractivity (Wildman–Crippen MR) is 324 cm³/mol. The smallest absolute Gasteiger partial charge is 0.132 e. The molecule has 0 saturated heterocycles. The summed E-state index contributed by atoms with van der Waals surface area (Å²) in [7, 11) is 0. The van der Waals surface area contributed by atoms with E-state index < -0.39 is 0 Å². The molecule has 74 heavy (non-hydrogen) atoms. The van der Waals surface area contributed by atoms with Crippen molar-refractivity contribution in [3.05, 3.63) is 83.6 Å². The van der Waals surface area contributed by atoms with Crippen molar-refractivity contribution in [2.24, 2.45) is 0 Å². The molecule has 0 aliphatic heterocycles. The second-order valence-electron chi connectivity index (χ2n) is 20.3. The highest BCUT2D eigenvalue weighted by Crippen LogP contribution is 2.51. The van der Waals surface area contributed by atoms with E-state index in [0.717, 1.165) is 180 Å². The van der Waals surface area contributed by atoms with E-state index in [2.05, 4.69) is 139 Å². The molecule has 10 heteroatoms. The fourth-order valence-electron chi connectivity index (χ4n) is 10.8. The van der Waals surface area contributed by atoms with Gasteiger partial charge in [0.15, 0.2) is 0 Å². The van der Waals surface area contributed by atoms with Crippen LogP contribution in [0.25, 0.3) is 94.1 Å². The van der Waals surface area contributed by atoms with Crippen LogP contribution in [0.15, 0.2) is 83.6 Å². The van der Waals surface area contributed by atoms with Gasteiger partial charge in [0.1, 0.15) is 34.0 Å². The molecule has 0 radical (unpaired) electrons. The molecule has 0 fully saturated rings. The van der Waals surface area contributed by atoms with Crippen LogP contribution >= 0.6 is 45.3 Å². The van der Waals surface area contributed by atoms with E-state index in [1.54, 1.807) is 22.7 Å². The molecular weight excluding hydrogens is 989 g/mol. The monoisotopic (exact) mass is 1060 g/mol. The number of benzene rings is 5. The highest BCUT2D eigenvalue weighted by atomic mass is 32.1. The Morgan fingerprint density at radius 1 is 0.405 bits per heavy atom. The van der Waals surface area contributed by atoms with Gasteiger partial charge < -0.3 is 18.9 Å². The van der Waals surface area contributed by atoms with Crippen molar-refractivity contribution in [3.8, 4) is 42.5 Å². The number of nitrogens with zero attached hydrogens (tertiary/aromatic N) is 2. The summed E-state index contributed by atoms with van der Waals surface area (Å²) >= 11 is 7.24. The summed E-state index contributed by atoms with van der Waals surface area (Å²) in [5, 5.41) is 13.2. The Bertz CT molecular complexity index is 3270. The number of aromatic nitrogens is 2. The molecule has 4 unspecified atom stereocenters. The molecule has 5 aromatic carbocycles. The lowest BCUT2D eigenvalue weighted by Gasteiger charge is -2.26. The molecule has 0 saturated carbocycles. The van der Waals surface area contributed by atoms with Crippen LogP contribution in [0, 0.1) is 0 Å². The molecule has 10 rings (SSSR count). The minimum absolute atomic E-state index is 0.0422. The van der Waals surface area contributed by atoms with E-state index in [1.807, 2.05) is 22.7 Å². The number of hydrogen-bond donors (Lipinski definition) is 0. The lowest BCUT2D eigenvalue weighted by atomic mass is 9.92. The molecule has 0 aliphatic carbocycles. The van der Waals surface area contributed by atoms with Gasteiger partial charge in [-0.05, 0) is 132 Å². The Labute approximate surface area is 454 Å². The van der Waals surface area contributed by atoms with Crippen molar-refractivity contribution in [1.82, 2.24) is 9.97 Å². The third-order valence-electron chi connectivity index (χ3n) is 15.0. The summed E-state index contributed by atoms with van der Waals surface area (Å²) < 4.78 is 31.3. The summed E-state index contributed by atoms with van der Waals surface area (Å²) in [6, 6.07) is 27.1. The van der Waals surface area contributed by atoms with Gasteiger partial charge >= 0.3 is 0 Å². The molecule has 4 atom stereocenters. The summed E-state index contributed by atoms with van der Waals surface area (Å²) in [6.07, 6.45) is 16.9. The highest BCUT2D eigenvalue weighted by molar-refractivity contribution is 7.28. The van der Waals surface area contributed by atoms with Crippen molar-refractivity contribution >= 4 is 120 Å². The highest BCUT2D eigenvalue weighted by Gasteiger charge is 2.26. The Balaban J connectivity index is 1.32. The standard InChI is InChI=1S/C64H74N2O4S4/c1-9-17-23-39(13-5)67-43-31-47-45-35-51-52(66-62-61(65-51)63-49(37-57(73-63)55-27-21-29-71-55)50-38-58(74-64(50)62)56-28-22-30-72-56)36-46(45)48-32-44(68-40(14-6)24-18-10-2)34-54(70-42(16-8)26-20-12-4)60(48)59(47)53(33-43)69-41(15-7)25-19-11-3/h21-22,27-42H,9-20,23-26H2,1-8H3. The van der Waals surface area contributed by atoms with Crippen LogP contribution in [-0.4, -0.2) is 34.4 Å². The predicted octanol–water partition coefficient (Wildman–Crippen LogP) is 21.5. The average Bonchev–Trinajstić information content (AvgIpc) is 4.30. The fraction of sp³-hybridized carbons (Fsp3) is 0.438. The van der Waals surface area contributed by atoms with E-state index in [-0.39, 0.29) is 24.4 Å². The normalized spacial score (nSPS) is 13.8. The molecule has 388 valence electrons. The van der Waals surface area contributed by atoms with Crippen LogP contribution in [-0.2, 0) is 0 Å². The van der Waals surface area contributed by atoms with Crippen molar-refractivity contribution in [2.75, 3.05) is 0 Å². The maximum atomic E-state index is 7.39. The molecule has 0 aliphatic rings. The zero-order chi connectivity index (χ0) is 51.3. The van der Waals surface area contributed by atoms with E-state index >= 15 is 0 Å². The zero-order valence-corrected chi connectivity index (χ0v) is 48.1. The molecule has 5 aromatic heterocycles. The Morgan fingerprint density at radius 3 is 1.12 bits per heavy atom. The van der Waals surface area contributed by atoms with Gasteiger partial charge in [-0.25, -0.2) is 9.97 Å². The van der Waals surface area contributed by atoms with E-state index in [9.17, 15) is 0 Å². The van der Waals surface area contributed by atoms with Gasteiger partial charge in [0.2, 0.25) is 0 Å². The minimum Gasteiger partial charge on any atom is -0.490 e. The zero-order valence-electron chi connectivity index (χ0n) is 44.9. The van der Waals surface area contributed by atoms with Gasteiger partial charge in [0, 0.05) is 53.2 Å². The second kappa shape index (κ2) is 23.9. The second-order valence-corrected chi connectivity index (χ2v) is 24.3.